The van der Waals surface area contributed by atoms with Crippen molar-refractivity contribution >= 4 is 11.9 Å². The Balaban J connectivity index is 2.55. The van der Waals surface area contributed by atoms with Gasteiger partial charge in [0, 0.05) is 20.3 Å². The van der Waals surface area contributed by atoms with Crippen molar-refractivity contribution < 1.29 is 19.4 Å². The fraction of sp³-hybridized carbons (Fsp3) is 0.875. The van der Waals surface area contributed by atoms with Gasteiger partial charge < -0.3 is 15.2 Å². The van der Waals surface area contributed by atoms with Crippen LogP contribution in [0.25, 0.3) is 0 Å². The molecule has 0 saturated heterocycles. The van der Waals surface area contributed by atoms with Gasteiger partial charge in [0.25, 0.3) is 0 Å². The number of carbonyl (C=O) groups is 2. The van der Waals surface area contributed by atoms with Gasteiger partial charge >= 0.3 is 5.97 Å². The first-order valence-electron chi connectivity index (χ1n) is 7.80. The highest BCUT2D eigenvalue weighted by Crippen LogP contribution is 2.38. The van der Waals surface area contributed by atoms with E-state index in [2.05, 4.69) is 26.1 Å². The molecule has 0 aromatic carbocycles. The number of rotatable bonds is 8. The lowest BCUT2D eigenvalue weighted by atomic mass is 9.89. The van der Waals surface area contributed by atoms with Crippen molar-refractivity contribution in [2.24, 2.45) is 23.2 Å². The molecule has 0 spiro atoms. The third kappa shape index (κ3) is 5.30. The summed E-state index contributed by atoms with van der Waals surface area (Å²) in [6, 6.07) is 0. The Kier molecular flexibility index (Phi) is 6.65. The van der Waals surface area contributed by atoms with E-state index in [9.17, 15) is 14.7 Å². The summed E-state index contributed by atoms with van der Waals surface area (Å²) in [7, 11) is 1.66. The number of hydrogen-bond donors (Lipinski definition) is 2. The first-order valence-corrected chi connectivity index (χ1v) is 7.80. The molecule has 1 rings (SSSR count). The maximum Gasteiger partial charge on any atom is 0.307 e. The molecular formula is C16H29NO4. The third-order valence-electron chi connectivity index (χ3n) is 4.62. The van der Waals surface area contributed by atoms with Gasteiger partial charge in [-0.3, -0.25) is 9.59 Å². The van der Waals surface area contributed by atoms with Crippen LogP contribution in [-0.4, -0.2) is 37.2 Å². The first kappa shape index (κ1) is 18.0. The largest absolute Gasteiger partial charge is 0.481 e. The lowest BCUT2D eigenvalue weighted by Crippen LogP contribution is -2.40. The SMILES string of the molecule is CCC1C[C@H](C(=O)NCC(C)(C)CCOC)[C@H](C(=O)O)C1. The van der Waals surface area contributed by atoms with Gasteiger partial charge in [-0.05, 0) is 30.6 Å². The molecule has 0 heterocycles. The topological polar surface area (TPSA) is 75.6 Å². The van der Waals surface area contributed by atoms with Gasteiger partial charge in [-0.1, -0.05) is 27.2 Å². The van der Waals surface area contributed by atoms with Gasteiger partial charge in [0.2, 0.25) is 5.91 Å². The van der Waals surface area contributed by atoms with Crippen LogP contribution in [0, 0.1) is 23.2 Å². The highest BCUT2D eigenvalue weighted by Gasteiger charge is 2.42. The molecule has 1 saturated carbocycles. The second kappa shape index (κ2) is 7.78. The highest BCUT2D eigenvalue weighted by atomic mass is 16.5. The van der Waals surface area contributed by atoms with E-state index in [4.69, 9.17) is 4.74 Å². The zero-order valence-corrected chi connectivity index (χ0v) is 13.6. The number of carboxylic acids is 1. The van der Waals surface area contributed by atoms with Gasteiger partial charge in [-0.25, -0.2) is 0 Å². The van der Waals surface area contributed by atoms with E-state index in [-0.39, 0.29) is 17.2 Å². The Morgan fingerprint density at radius 3 is 2.43 bits per heavy atom. The molecule has 0 bridgehead atoms. The Morgan fingerprint density at radius 1 is 1.29 bits per heavy atom. The van der Waals surface area contributed by atoms with Crippen LogP contribution in [0.5, 0.6) is 0 Å². The van der Waals surface area contributed by atoms with Crippen molar-refractivity contribution in [3.05, 3.63) is 0 Å². The van der Waals surface area contributed by atoms with Crippen molar-refractivity contribution in [2.75, 3.05) is 20.3 Å². The molecule has 2 N–H and O–H groups in total. The Hall–Kier alpha value is -1.10. The van der Waals surface area contributed by atoms with E-state index in [0.29, 0.717) is 31.9 Å². The molecule has 1 aliphatic rings. The predicted molar refractivity (Wildman–Crippen MR) is 80.9 cm³/mol. The zero-order chi connectivity index (χ0) is 16.0. The zero-order valence-electron chi connectivity index (χ0n) is 13.6. The molecule has 1 fully saturated rings. The molecule has 122 valence electrons. The molecule has 0 aromatic heterocycles. The number of methoxy groups -OCH3 is 1. The molecule has 5 nitrogen and oxygen atoms in total. The van der Waals surface area contributed by atoms with E-state index in [1.807, 2.05) is 0 Å². The standard InChI is InChI=1S/C16H29NO4/c1-5-11-8-12(13(9-11)15(19)20)14(18)17-10-16(2,3)6-7-21-4/h11-13H,5-10H2,1-4H3,(H,17,18)(H,19,20)/t11?,12-,13+/m0/s1. The monoisotopic (exact) mass is 299 g/mol. The molecule has 1 amide bonds. The minimum absolute atomic E-state index is 0.0485. The number of carboxylic acid groups (broad SMARTS) is 1. The Morgan fingerprint density at radius 2 is 1.90 bits per heavy atom. The minimum atomic E-state index is -0.843. The molecule has 0 radical (unpaired) electrons. The highest BCUT2D eigenvalue weighted by molar-refractivity contribution is 5.85. The average molecular weight is 299 g/mol. The molecular weight excluding hydrogens is 270 g/mol. The van der Waals surface area contributed by atoms with Crippen LogP contribution >= 0.6 is 0 Å². The Labute approximate surface area is 127 Å². The molecule has 1 aliphatic carbocycles. The number of aliphatic carboxylic acids is 1. The van der Waals surface area contributed by atoms with Gasteiger partial charge in [-0.2, -0.15) is 0 Å². The second-order valence-electron chi connectivity index (χ2n) is 6.92. The summed E-state index contributed by atoms with van der Waals surface area (Å²) in [6.45, 7) is 7.41. The number of amides is 1. The summed E-state index contributed by atoms with van der Waals surface area (Å²) in [5.41, 5.74) is -0.0485. The number of carbonyl (C=O) groups excluding carboxylic acids is 1. The normalized spacial score (nSPS) is 25.8. The maximum atomic E-state index is 12.3. The summed E-state index contributed by atoms with van der Waals surface area (Å²) >= 11 is 0. The van der Waals surface area contributed by atoms with Crippen LogP contribution in [0.1, 0.15) is 46.5 Å². The van der Waals surface area contributed by atoms with Crippen molar-refractivity contribution in [2.45, 2.75) is 46.5 Å². The van der Waals surface area contributed by atoms with E-state index in [1.54, 1.807) is 7.11 Å². The molecule has 3 atom stereocenters. The van der Waals surface area contributed by atoms with Crippen LogP contribution in [-0.2, 0) is 14.3 Å². The molecule has 0 aromatic rings. The number of nitrogens with one attached hydrogen (secondary N) is 1. The van der Waals surface area contributed by atoms with E-state index in [0.717, 1.165) is 12.8 Å². The Bertz CT molecular complexity index is 367. The van der Waals surface area contributed by atoms with E-state index < -0.39 is 11.9 Å². The molecule has 21 heavy (non-hydrogen) atoms. The van der Waals surface area contributed by atoms with Crippen LogP contribution in [0.3, 0.4) is 0 Å². The summed E-state index contributed by atoms with van der Waals surface area (Å²) in [4.78, 5) is 23.7. The summed E-state index contributed by atoms with van der Waals surface area (Å²) in [6.07, 6.45) is 3.11. The maximum absolute atomic E-state index is 12.3. The van der Waals surface area contributed by atoms with Crippen molar-refractivity contribution in [1.29, 1.82) is 0 Å². The summed E-state index contributed by atoms with van der Waals surface area (Å²) < 4.78 is 5.07. The molecule has 0 aliphatic heterocycles. The van der Waals surface area contributed by atoms with E-state index >= 15 is 0 Å². The minimum Gasteiger partial charge on any atom is -0.481 e. The van der Waals surface area contributed by atoms with Crippen molar-refractivity contribution in [3.63, 3.8) is 0 Å². The van der Waals surface area contributed by atoms with Crippen LogP contribution in [0.4, 0.5) is 0 Å². The fourth-order valence-corrected chi connectivity index (χ4v) is 2.96. The van der Waals surface area contributed by atoms with Crippen LogP contribution in [0.2, 0.25) is 0 Å². The lowest BCUT2D eigenvalue weighted by molar-refractivity contribution is -0.146. The summed E-state index contributed by atoms with van der Waals surface area (Å²) in [5.74, 6) is -1.51. The van der Waals surface area contributed by atoms with Crippen LogP contribution in [0.15, 0.2) is 0 Å². The van der Waals surface area contributed by atoms with Gasteiger partial charge in [-0.15, -0.1) is 0 Å². The van der Waals surface area contributed by atoms with Gasteiger partial charge in [0.15, 0.2) is 0 Å². The summed E-state index contributed by atoms with van der Waals surface area (Å²) in [5, 5.41) is 12.2. The fourth-order valence-electron chi connectivity index (χ4n) is 2.96. The number of ether oxygens (including phenoxy) is 1. The predicted octanol–water partition coefficient (Wildman–Crippen LogP) is 2.30. The van der Waals surface area contributed by atoms with Crippen molar-refractivity contribution in [1.82, 2.24) is 5.32 Å². The van der Waals surface area contributed by atoms with Crippen LogP contribution < -0.4 is 5.32 Å². The molecule has 5 heteroatoms. The van der Waals surface area contributed by atoms with Crippen molar-refractivity contribution in [3.8, 4) is 0 Å². The second-order valence-corrected chi connectivity index (χ2v) is 6.92. The molecule has 1 unspecified atom stereocenters. The first-order chi connectivity index (χ1) is 9.80. The quantitative estimate of drug-likeness (QED) is 0.721. The van der Waals surface area contributed by atoms with Gasteiger partial charge in [0.1, 0.15) is 0 Å². The lowest BCUT2D eigenvalue weighted by Gasteiger charge is -2.26. The smallest absolute Gasteiger partial charge is 0.307 e. The number of hydrogen-bond acceptors (Lipinski definition) is 3. The third-order valence-corrected chi connectivity index (χ3v) is 4.62. The van der Waals surface area contributed by atoms with Gasteiger partial charge in [0.05, 0.1) is 11.8 Å². The average Bonchev–Trinajstić information content (AvgIpc) is 2.87. The van der Waals surface area contributed by atoms with E-state index in [1.165, 1.54) is 0 Å².